The van der Waals surface area contributed by atoms with Crippen molar-refractivity contribution in [2.45, 2.75) is 40.2 Å². The van der Waals surface area contributed by atoms with Crippen molar-refractivity contribution in [1.29, 1.82) is 0 Å². The minimum Gasteiger partial charge on any atom is -0.370 e. The summed E-state index contributed by atoms with van der Waals surface area (Å²) >= 11 is 0. The van der Waals surface area contributed by atoms with Gasteiger partial charge in [0.25, 0.3) is 0 Å². The fourth-order valence-corrected chi connectivity index (χ4v) is 2.01. The maximum Gasteiger partial charge on any atom is 0.132 e. The van der Waals surface area contributed by atoms with Gasteiger partial charge in [-0.25, -0.2) is 9.97 Å². The van der Waals surface area contributed by atoms with Crippen molar-refractivity contribution < 1.29 is 0 Å². The summed E-state index contributed by atoms with van der Waals surface area (Å²) in [5.41, 5.74) is 0. The minimum atomic E-state index is 0.374. The molecule has 0 aliphatic heterocycles. The number of hydrogen-bond acceptors (Lipinski definition) is 5. The zero-order valence-electron chi connectivity index (χ0n) is 13.7. The van der Waals surface area contributed by atoms with Crippen LogP contribution in [0.4, 0.5) is 11.6 Å². The van der Waals surface area contributed by atoms with E-state index in [1.807, 2.05) is 6.07 Å². The van der Waals surface area contributed by atoms with Gasteiger partial charge < -0.3 is 15.5 Å². The summed E-state index contributed by atoms with van der Waals surface area (Å²) in [7, 11) is 4.19. The Kier molecular flexibility index (Phi) is 6.71. The van der Waals surface area contributed by atoms with E-state index >= 15 is 0 Å². The predicted molar refractivity (Wildman–Crippen MR) is 86.4 cm³/mol. The number of anilines is 2. The number of nitrogens with one attached hydrogen (secondary N) is 2. The largest absolute Gasteiger partial charge is 0.370 e. The third-order valence-electron chi connectivity index (χ3n) is 3.15. The van der Waals surface area contributed by atoms with E-state index < -0.39 is 0 Å². The van der Waals surface area contributed by atoms with Crippen LogP contribution < -0.4 is 10.6 Å². The van der Waals surface area contributed by atoms with Crippen molar-refractivity contribution in [2.75, 3.05) is 37.8 Å². The number of aryl methyl sites for hydroxylation is 1. The van der Waals surface area contributed by atoms with Gasteiger partial charge in [0.15, 0.2) is 0 Å². The number of rotatable bonds is 8. The summed E-state index contributed by atoms with van der Waals surface area (Å²) in [5, 5.41) is 6.81. The van der Waals surface area contributed by atoms with Crippen molar-refractivity contribution >= 4 is 11.6 Å². The summed E-state index contributed by atoms with van der Waals surface area (Å²) in [6, 6.07) is 2.37. The first-order chi connectivity index (χ1) is 9.46. The van der Waals surface area contributed by atoms with Gasteiger partial charge in [0.1, 0.15) is 17.5 Å². The smallest absolute Gasteiger partial charge is 0.132 e. The van der Waals surface area contributed by atoms with E-state index in [9.17, 15) is 0 Å². The number of aromatic nitrogens is 2. The lowest BCUT2D eigenvalue weighted by Crippen LogP contribution is -2.36. The Labute approximate surface area is 123 Å². The molecule has 1 atom stereocenters. The highest BCUT2D eigenvalue weighted by molar-refractivity contribution is 5.48. The molecule has 1 heterocycles. The Hall–Kier alpha value is -1.36. The Morgan fingerprint density at radius 3 is 2.30 bits per heavy atom. The molecular formula is C15H29N5. The maximum atomic E-state index is 4.58. The minimum absolute atomic E-state index is 0.374. The molecule has 0 radical (unpaired) electrons. The number of hydrogen-bond donors (Lipinski definition) is 2. The van der Waals surface area contributed by atoms with Crippen molar-refractivity contribution in [1.82, 2.24) is 14.9 Å². The molecule has 0 aliphatic carbocycles. The molecule has 1 unspecified atom stereocenters. The lowest BCUT2D eigenvalue weighted by atomic mass is 10.0. The Bertz CT molecular complexity index is 403. The van der Waals surface area contributed by atoms with Crippen LogP contribution in [0.3, 0.4) is 0 Å². The molecule has 114 valence electrons. The van der Waals surface area contributed by atoms with Crippen LogP contribution in [0.1, 0.15) is 33.5 Å². The number of likely N-dealkylation sites (N-methyl/N-ethyl adjacent to an activating group) is 1. The van der Waals surface area contributed by atoms with Crippen molar-refractivity contribution in [3.8, 4) is 0 Å². The first-order valence-electron chi connectivity index (χ1n) is 7.49. The molecule has 5 heteroatoms. The highest BCUT2D eigenvalue weighted by atomic mass is 15.1. The van der Waals surface area contributed by atoms with Gasteiger partial charge in [-0.3, -0.25) is 0 Å². The third kappa shape index (κ3) is 5.33. The van der Waals surface area contributed by atoms with Crippen LogP contribution in [0.25, 0.3) is 0 Å². The molecule has 0 spiro atoms. The lowest BCUT2D eigenvalue weighted by Gasteiger charge is -2.26. The predicted octanol–water partition coefficient (Wildman–Crippen LogP) is 2.47. The fraction of sp³-hybridized carbons (Fsp3) is 0.733. The standard InChI is InChI=1S/C15H29N5/c1-7-13-18-14(16-8-2)9-15(19-13)17-12(11(3)4)10-20(5)6/h9,11-12H,7-8,10H2,1-6H3,(H2,16,17,18,19). The maximum absolute atomic E-state index is 4.58. The second-order valence-electron chi connectivity index (χ2n) is 5.70. The molecule has 2 N–H and O–H groups in total. The van der Waals surface area contributed by atoms with E-state index in [0.29, 0.717) is 12.0 Å². The van der Waals surface area contributed by atoms with Crippen LogP contribution in [0.15, 0.2) is 6.07 Å². The Morgan fingerprint density at radius 2 is 1.80 bits per heavy atom. The average molecular weight is 279 g/mol. The topological polar surface area (TPSA) is 53.1 Å². The monoisotopic (exact) mass is 279 g/mol. The molecule has 0 saturated carbocycles. The summed E-state index contributed by atoms with van der Waals surface area (Å²) < 4.78 is 0. The molecule has 0 amide bonds. The average Bonchev–Trinajstić information content (AvgIpc) is 2.37. The van der Waals surface area contributed by atoms with E-state index in [2.05, 4.69) is 67.3 Å². The molecular weight excluding hydrogens is 250 g/mol. The van der Waals surface area contributed by atoms with Crippen molar-refractivity contribution in [3.63, 3.8) is 0 Å². The summed E-state index contributed by atoms with van der Waals surface area (Å²) in [4.78, 5) is 11.3. The molecule has 20 heavy (non-hydrogen) atoms. The van der Waals surface area contributed by atoms with E-state index in [-0.39, 0.29) is 0 Å². The van der Waals surface area contributed by atoms with Crippen molar-refractivity contribution in [2.24, 2.45) is 5.92 Å². The zero-order valence-corrected chi connectivity index (χ0v) is 13.7. The second kappa shape index (κ2) is 8.04. The molecule has 0 saturated heterocycles. The van der Waals surface area contributed by atoms with Crippen LogP contribution in [-0.2, 0) is 6.42 Å². The van der Waals surface area contributed by atoms with Gasteiger partial charge in [-0.05, 0) is 26.9 Å². The Balaban J connectivity index is 2.90. The van der Waals surface area contributed by atoms with Gasteiger partial charge in [0.2, 0.25) is 0 Å². The summed E-state index contributed by atoms with van der Waals surface area (Å²) in [6.45, 7) is 10.5. The first kappa shape index (κ1) is 16.7. The number of nitrogens with zero attached hydrogens (tertiary/aromatic N) is 3. The van der Waals surface area contributed by atoms with Crippen molar-refractivity contribution in [3.05, 3.63) is 11.9 Å². The first-order valence-corrected chi connectivity index (χ1v) is 7.49. The van der Waals surface area contributed by atoms with E-state index in [4.69, 9.17) is 0 Å². The second-order valence-corrected chi connectivity index (χ2v) is 5.70. The highest BCUT2D eigenvalue weighted by Crippen LogP contribution is 2.15. The van der Waals surface area contributed by atoms with Crippen LogP contribution in [0.2, 0.25) is 0 Å². The zero-order chi connectivity index (χ0) is 15.1. The van der Waals surface area contributed by atoms with E-state index in [1.165, 1.54) is 0 Å². The summed E-state index contributed by atoms with van der Waals surface area (Å²) in [5.74, 6) is 3.22. The molecule has 1 aromatic heterocycles. The molecule has 1 aromatic rings. The van der Waals surface area contributed by atoms with Crippen LogP contribution >= 0.6 is 0 Å². The molecule has 0 bridgehead atoms. The van der Waals surface area contributed by atoms with E-state index in [0.717, 1.165) is 37.0 Å². The Morgan fingerprint density at radius 1 is 1.15 bits per heavy atom. The highest BCUT2D eigenvalue weighted by Gasteiger charge is 2.15. The van der Waals surface area contributed by atoms with Crippen LogP contribution in [-0.4, -0.2) is 48.1 Å². The molecule has 5 nitrogen and oxygen atoms in total. The van der Waals surface area contributed by atoms with Gasteiger partial charge in [-0.1, -0.05) is 20.8 Å². The van der Waals surface area contributed by atoms with Crippen LogP contribution in [0.5, 0.6) is 0 Å². The third-order valence-corrected chi connectivity index (χ3v) is 3.15. The van der Waals surface area contributed by atoms with Gasteiger partial charge in [-0.2, -0.15) is 0 Å². The van der Waals surface area contributed by atoms with Gasteiger partial charge >= 0.3 is 0 Å². The van der Waals surface area contributed by atoms with E-state index in [1.54, 1.807) is 0 Å². The fourth-order valence-electron chi connectivity index (χ4n) is 2.01. The quantitative estimate of drug-likeness (QED) is 0.765. The SMILES string of the molecule is CCNc1cc(NC(CN(C)C)C(C)C)nc(CC)n1. The summed E-state index contributed by atoms with van der Waals surface area (Å²) in [6.07, 6.45) is 0.841. The lowest BCUT2D eigenvalue weighted by molar-refractivity contribution is 0.344. The molecule has 0 aliphatic rings. The molecule has 0 aromatic carbocycles. The van der Waals surface area contributed by atoms with Crippen LogP contribution in [0, 0.1) is 5.92 Å². The normalized spacial score (nSPS) is 12.8. The molecule has 1 rings (SSSR count). The van der Waals surface area contributed by atoms with Gasteiger partial charge in [0, 0.05) is 31.6 Å². The molecule has 0 fully saturated rings. The van der Waals surface area contributed by atoms with Gasteiger partial charge in [-0.15, -0.1) is 0 Å². The van der Waals surface area contributed by atoms with Gasteiger partial charge in [0.05, 0.1) is 0 Å².